The van der Waals surface area contributed by atoms with E-state index in [1.54, 1.807) is 31.6 Å². The van der Waals surface area contributed by atoms with Crippen molar-refractivity contribution in [2.75, 3.05) is 11.1 Å². The number of nitrogens with zero attached hydrogens (tertiary/aromatic N) is 2. The summed E-state index contributed by atoms with van der Waals surface area (Å²) in [6, 6.07) is 0. The molecule has 0 aliphatic heterocycles. The number of nitrogens with two attached hydrogens (primary N) is 1. The molecule has 0 unspecified atom stereocenters. The number of amides is 1. The van der Waals surface area contributed by atoms with Gasteiger partial charge in [-0.05, 0) is 27.2 Å². The molecule has 0 fully saturated rings. The van der Waals surface area contributed by atoms with Crippen molar-refractivity contribution in [1.29, 1.82) is 0 Å². The lowest BCUT2D eigenvalue weighted by atomic mass is 10.2. The highest BCUT2D eigenvalue weighted by Gasteiger charge is 2.18. The van der Waals surface area contributed by atoms with Gasteiger partial charge in [-0.3, -0.25) is 10.00 Å². The van der Waals surface area contributed by atoms with E-state index < -0.39 is 11.7 Å². The van der Waals surface area contributed by atoms with Crippen LogP contribution in [0.2, 0.25) is 0 Å². The Morgan fingerprint density at radius 2 is 2.22 bits per heavy atom. The van der Waals surface area contributed by atoms with E-state index >= 15 is 0 Å². The fourth-order valence-electron chi connectivity index (χ4n) is 1.37. The van der Waals surface area contributed by atoms with E-state index in [0.29, 0.717) is 11.5 Å². The van der Waals surface area contributed by atoms with Crippen LogP contribution in [0.25, 0.3) is 0 Å². The van der Waals surface area contributed by atoms with Gasteiger partial charge in [0, 0.05) is 6.54 Å². The van der Waals surface area contributed by atoms with Crippen LogP contribution in [0.1, 0.15) is 40.5 Å². The molecule has 1 aromatic rings. The molecular formula is C12H22N4O2. The number of carbonyl (C=O) groups is 1. The molecule has 0 spiro atoms. The Balaban J connectivity index is 2.61. The Morgan fingerprint density at radius 1 is 1.56 bits per heavy atom. The molecule has 102 valence electrons. The number of ether oxygens (including phenoxy) is 1. The van der Waals surface area contributed by atoms with E-state index in [4.69, 9.17) is 10.5 Å². The molecule has 0 saturated carbocycles. The number of hydrogen-bond acceptors (Lipinski definition) is 4. The Kier molecular flexibility index (Phi) is 4.58. The van der Waals surface area contributed by atoms with Crippen LogP contribution in [-0.2, 0) is 11.3 Å². The molecule has 1 heterocycles. The summed E-state index contributed by atoms with van der Waals surface area (Å²) in [6.07, 6.45) is 3.26. The first-order valence-corrected chi connectivity index (χ1v) is 6.14. The normalized spacial score (nSPS) is 11.3. The fraction of sp³-hybridized carbons (Fsp3) is 0.667. The molecular weight excluding hydrogens is 232 g/mol. The van der Waals surface area contributed by atoms with Crippen LogP contribution in [0.15, 0.2) is 6.20 Å². The summed E-state index contributed by atoms with van der Waals surface area (Å²) in [4.78, 5) is 11.6. The van der Waals surface area contributed by atoms with Crippen molar-refractivity contribution in [2.24, 2.45) is 0 Å². The first-order valence-electron chi connectivity index (χ1n) is 6.14. The largest absolute Gasteiger partial charge is 0.444 e. The molecule has 6 heteroatoms. The average molecular weight is 254 g/mol. The molecule has 1 rings (SSSR count). The lowest BCUT2D eigenvalue weighted by molar-refractivity contribution is 0.0635. The van der Waals surface area contributed by atoms with E-state index in [1.807, 2.05) is 0 Å². The molecule has 0 atom stereocenters. The first kappa shape index (κ1) is 14.3. The van der Waals surface area contributed by atoms with Crippen LogP contribution in [0.3, 0.4) is 0 Å². The number of carbonyl (C=O) groups excluding carboxylic acids is 1. The third-order valence-corrected chi connectivity index (χ3v) is 2.15. The zero-order valence-corrected chi connectivity index (χ0v) is 11.5. The Bertz CT molecular complexity index is 407. The highest BCUT2D eigenvalue weighted by Crippen LogP contribution is 2.17. The molecule has 1 amide bonds. The van der Waals surface area contributed by atoms with Gasteiger partial charge in [0.15, 0.2) is 5.82 Å². The second-order valence-electron chi connectivity index (χ2n) is 5.18. The SMILES string of the molecule is CCCCn1cc(N)c(NC(=O)OC(C)(C)C)n1. The Morgan fingerprint density at radius 3 is 2.78 bits per heavy atom. The number of nitrogens with one attached hydrogen (secondary N) is 1. The van der Waals surface area contributed by atoms with Gasteiger partial charge in [0.2, 0.25) is 0 Å². The third kappa shape index (κ3) is 4.65. The van der Waals surface area contributed by atoms with Gasteiger partial charge in [0.25, 0.3) is 0 Å². The fourth-order valence-corrected chi connectivity index (χ4v) is 1.37. The number of nitrogen functional groups attached to an aromatic ring is 1. The van der Waals surface area contributed by atoms with Gasteiger partial charge in [-0.25, -0.2) is 4.79 Å². The molecule has 0 saturated heterocycles. The van der Waals surface area contributed by atoms with E-state index in [1.165, 1.54) is 0 Å². The highest BCUT2D eigenvalue weighted by atomic mass is 16.6. The minimum atomic E-state index is -0.546. The summed E-state index contributed by atoms with van der Waals surface area (Å²) in [5.74, 6) is 0.348. The predicted molar refractivity (Wildman–Crippen MR) is 71.4 cm³/mol. The topological polar surface area (TPSA) is 82.2 Å². The quantitative estimate of drug-likeness (QED) is 0.865. The smallest absolute Gasteiger partial charge is 0.413 e. The zero-order valence-electron chi connectivity index (χ0n) is 11.5. The lowest BCUT2D eigenvalue weighted by Gasteiger charge is -2.19. The summed E-state index contributed by atoms with van der Waals surface area (Å²) in [6.45, 7) is 8.30. The van der Waals surface area contributed by atoms with Crippen LogP contribution in [0.5, 0.6) is 0 Å². The van der Waals surface area contributed by atoms with Crippen molar-refractivity contribution in [3.05, 3.63) is 6.20 Å². The number of aromatic nitrogens is 2. The van der Waals surface area contributed by atoms with Crippen LogP contribution in [-0.4, -0.2) is 21.5 Å². The van der Waals surface area contributed by atoms with Gasteiger partial charge in [-0.2, -0.15) is 5.10 Å². The third-order valence-electron chi connectivity index (χ3n) is 2.15. The maximum atomic E-state index is 11.6. The number of aryl methyl sites for hydroxylation is 1. The van der Waals surface area contributed by atoms with E-state index in [-0.39, 0.29) is 0 Å². The van der Waals surface area contributed by atoms with Crippen LogP contribution in [0.4, 0.5) is 16.3 Å². The molecule has 3 N–H and O–H groups in total. The van der Waals surface area contributed by atoms with Gasteiger partial charge in [0.1, 0.15) is 5.60 Å². The van der Waals surface area contributed by atoms with Crippen molar-refractivity contribution in [3.8, 4) is 0 Å². The molecule has 0 aliphatic carbocycles. The Hall–Kier alpha value is -1.72. The van der Waals surface area contributed by atoms with Gasteiger partial charge < -0.3 is 10.5 Å². The molecule has 0 bridgehead atoms. The van der Waals surface area contributed by atoms with Gasteiger partial charge in [-0.1, -0.05) is 13.3 Å². The van der Waals surface area contributed by atoms with Crippen LogP contribution < -0.4 is 11.1 Å². The van der Waals surface area contributed by atoms with E-state index in [2.05, 4.69) is 17.3 Å². The zero-order chi connectivity index (χ0) is 13.8. The minimum Gasteiger partial charge on any atom is -0.444 e. The predicted octanol–water partition coefficient (Wildman–Crippen LogP) is 2.61. The Labute approximate surface area is 107 Å². The molecule has 1 aromatic heterocycles. The maximum absolute atomic E-state index is 11.6. The molecule has 0 aromatic carbocycles. The standard InChI is InChI=1S/C12H22N4O2/c1-5-6-7-16-8-9(13)10(15-16)14-11(17)18-12(2,3)4/h8H,5-7,13H2,1-4H3,(H,14,15,17). The molecule has 18 heavy (non-hydrogen) atoms. The second kappa shape index (κ2) is 5.75. The van der Waals surface area contributed by atoms with Crippen molar-refractivity contribution in [1.82, 2.24) is 9.78 Å². The summed E-state index contributed by atoms with van der Waals surface area (Å²) in [5, 5.41) is 6.74. The minimum absolute atomic E-state index is 0.348. The molecule has 0 aliphatic rings. The van der Waals surface area contributed by atoms with Crippen LogP contribution >= 0.6 is 0 Å². The van der Waals surface area contributed by atoms with Gasteiger partial charge in [0.05, 0.1) is 11.9 Å². The van der Waals surface area contributed by atoms with Crippen molar-refractivity contribution in [2.45, 2.75) is 52.7 Å². The van der Waals surface area contributed by atoms with Gasteiger partial charge in [-0.15, -0.1) is 0 Å². The number of anilines is 2. The number of hydrogen-bond donors (Lipinski definition) is 2. The maximum Gasteiger partial charge on any atom is 0.413 e. The first-order chi connectivity index (χ1) is 8.31. The summed E-state index contributed by atoms with van der Waals surface area (Å²) >= 11 is 0. The molecule has 6 nitrogen and oxygen atoms in total. The van der Waals surface area contributed by atoms with Crippen molar-refractivity contribution in [3.63, 3.8) is 0 Å². The summed E-state index contributed by atoms with van der Waals surface area (Å²) < 4.78 is 6.86. The number of unbranched alkanes of at least 4 members (excludes halogenated alkanes) is 1. The van der Waals surface area contributed by atoms with Gasteiger partial charge >= 0.3 is 6.09 Å². The van der Waals surface area contributed by atoms with E-state index in [9.17, 15) is 4.79 Å². The monoisotopic (exact) mass is 254 g/mol. The second-order valence-corrected chi connectivity index (χ2v) is 5.18. The highest BCUT2D eigenvalue weighted by molar-refractivity contribution is 5.87. The lowest BCUT2D eigenvalue weighted by Crippen LogP contribution is -2.27. The molecule has 0 radical (unpaired) electrons. The number of rotatable bonds is 4. The summed E-state index contributed by atoms with van der Waals surface area (Å²) in [5.41, 5.74) is 5.68. The average Bonchev–Trinajstić information content (AvgIpc) is 2.53. The van der Waals surface area contributed by atoms with E-state index in [0.717, 1.165) is 19.4 Å². The van der Waals surface area contributed by atoms with Crippen molar-refractivity contribution >= 4 is 17.6 Å². The van der Waals surface area contributed by atoms with Crippen LogP contribution in [0, 0.1) is 0 Å². The summed E-state index contributed by atoms with van der Waals surface area (Å²) in [7, 11) is 0. The van der Waals surface area contributed by atoms with Crippen molar-refractivity contribution < 1.29 is 9.53 Å².